The van der Waals surface area contributed by atoms with Gasteiger partial charge in [0.15, 0.2) is 6.17 Å². The molecule has 19 heavy (non-hydrogen) atoms. The van der Waals surface area contributed by atoms with E-state index >= 15 is 0 Å². The van der Waals surface area contributed by atoms with Crippen molar-refractivity contribution in [3.05, 3.63) is 55.5 Å². The number of rotatable bonds is 0. The van der Waals surface area contributed by atoms with Crippen molar-refractivity contribution in [2.75, 3.05) is 0 Å². The molecule has 0 radical (unpaired) electrons. The Kier molecular flexibility index (Phi) is 3.41. The smallest absolute Gasteiger partial charge is 0.151 e. The SMILES string of the molecule is CC1=CCC#CC2C(=C1Br)C(F)c1c(Br)cccc12. The molecule has 2 aliphatic rings. The first-order valence-electron chi connectivity index (χ1n) is 6.08. The summed E-state index contributed by atoms with van der Waals surface area (Å²) in [5, 5.41) is 0. The highest BCUT2D eigenvalue weighted by Gasteiger charge is 2.38. The number of alkyl halides is 1. The number of halogens is 3. The summed E-state index contributed by atoms with van der Waals surface area (Å²) in [6.07, 6.45) is 1.65. The van der Waals surface area contributed by atoms with E-state index in [0.29, 0.717) is 6.42 Å². The van der Waals surface area contributed by atoms with Crippen LogP contribution >= 0.6 is 31.9 Å². The minimum absolute atomic E-state index is 0.138. The van der Waals surface area contributed by atoms with Gasteiger partial charge in [-0.2, -0.15) is 0 Å². The Morgan fingerprint density at radius 2 is 2.11 bits per heavy atom. The third-order valence-corrected chi connectivity index (χ3v) is 5.37. The molecule has 0 nitrogen and oxygen atoms in total. The molecule has 0 bridgehead atoms. The quantitative estimate of drug-likeness (QED) is 0.516. The summed E-state index contributed by atoms with van der Waals surface area (Å²) >= 11 is 7.01. The van der Waals surface area contributed by atoms with Crippen molar-refractivity contribution >= 4 is 31.9 Å². The topological polar surface area (TPSA) is 0 Å². The van der Waals surface area contributed by atoms with E-state index in [1.54, 1.807) is 0 Å². The molecular formula is C16H11Br2F. The molecule has 2 aliphatic carbocycles. The summed E-state index contributed by atoms with van der Waals surface area (Å²) in [4.78, 5) is 0. The molecular weight excluding hydrogens is 371 g/mol. The van der Waals surface area contributed by atoms with Crippen LogP contribution in [0.4, 0.5) is 4.39 Å². The molecule has 96 valence electrons. The summed E-state index contributed by atoms with van der Waals surface area (Å²) in [6.45, 7) is 1.99. The zero-order chi connectivity index (χ0) is 13.6. The van der Waals surface area contributed by atoms with Crippen LogP contribution in [0.15, 0.2) is 44.4 Å². The van der Waals surface area contributed by atoms with Crippen molar-refractivity contribution in [3.63, 3.8) is 0 Å². The summed E-state index contributed by atoms with van der Waals surface area (Å²) in [7, 11) is 0. The fourth-order valence-corrected chi connectivity index (χ4v) is 3.79. The molecule has 0 N–H and O–H groups in total. The minimum atomic E-state index is -1.10. The molecule has 3 heteroatoms. The molecule has 2 unspecified atom stereocenters. The van der Waals surface area contributed by atoms with Gasteiger partial charge in [0.05, 0.1) is 5.92 Å². The van der Waals surface area contributed by atoms with E-state index in [1.807, 2.05) is 31.2 Å². The van der Waals surface area contributed by atoms with Crippen LogP contribution < -0.4 is 0 Å². The maximum absolute atomic E-state index is 14.8. The van der Waals surface area contributed by atoms with Crippen molar-refractivity contribution in [2.24, 2.45) is 0 Å². The molecule has 1 aromatic rings. The third-order valence-electron chi connectivity index (χ3n) is 3.59. The van der Waals surface area contributed by atoms with Crippen molar-refractivity contribution in [1.82, 2.24) is 0 Å². The second-order valence-corrected chi connectivity index (χ2v) is 6.37. The van der Waals surface area contributed by atoms with E-state index < -0.39 is 6.17 Å². The molecule has 0 spiro atoms. The van der Waals surface area contributed by atoms with Gasteiger partial charge in [-0.1, -0.05) is 61.9 Å². The Balaban J connectivity index is 2.30. The molecule has 0 aromatic heterocycles. The van der Waals surface area contributed by atoms with Gasteiger partial charge in [0.1, 0.15) is 0 Å². The Morgan fingerprint density at radius 1 is 1.32 bits per heavy atom. The molecule has 0 fully saturated rings. The zero-order valence-corrected chi connectivity index (χ0v) is 13.5. The maximum atomic E-state index is 14.8. The first-order chi connectivity index (χ1) is 9.11. The summed E-state index contributed by atoms with van der Waals surface area (Å²) in [5.41, 5.74) is 3.50. The van der Waals surface area contributed by atoms with Crippen LogP contribution in [-0.2, 0) is 0 Å². The van der Waals surface area contributed by atoms with Crippen LogP contribution in [0.3, 0.4) is 0 Å². The summed E-state index contributed by atoms with van der Waals surface area (Å²) in [5.74, 6) is 6.19. The third kappa shape index (κ3) is 2.02. The van der Waals surface area contributed by atoms with E-state index in [4.69, 9.17) is 0 Å². The predicted molar refractivity (Wildman–Crippen MR) is 82.8 cm³/mol. The average Bonchev–Trinajstić information content (AvgIpc) is 2.66. The molecule has 0 amide bonds. The van der Waals surface area contributed by atoms with Crippen molar-refractivity contribution in [3.8, 4) is 11.8 Å². The fraction of sp³-hybridized carbons (Fsp3) is 0.250. The van der Waals surface area contributed by atoms with Gasteiger partial charge in [-0.15, -0.1) is 0 Å². The van der Waals surface area contributed by atoms with Crippen LogP contribution in [0.5, 0.6) is 0 Å². The van der Waals surface area contributed by atoms with Crippen molar-refractivity contribution in [1.29, 1.82) is 0 Å². The summed E-state index contributed by atoms with van der Waals surface area (Å²) < 4.78 is 16.5. The number of allylic oxidation sites excluding steroid dienone is 4. The van der Waals surface area contributed by atoms with Crippen molar-refractivity contribution in [2.45, 2.75) is 25.4 Å². The van der Waals surface area contributed by atoms with E-state index in [0.717, 1.165) is 31.2 Å². The number of hydrogen-bond donors (Lipinski definition) is 0. The van der Waals surface area contributed by atoms with Crippen LogP contribution in [0, 0.1) is 11.8 Å². The monoisotopic (exact) mass is 380 g/mol. The van der Waals surface area contributed by atoms with E-state index in [1.165, 1.54) is 0 Å². The van der Waals surface area contributed by atoms with Crippen LogP contribution in [0.2, 0.25) is 0 Å². The molecule has 2 atom stereocenters. The lowest BCUT2D eigenvalue weighted by Gasteiger charge is -2.13. The Hall–Kier alpha value is -0.850. The molecule has 1 aromatic carbocycles. The first kappa shape index (κ1) is 13.1. The lowest BCUT2D eigenvalue weighted by Crippen LogP contribution is -1.99. The normalized spacial score (nSPS) is 24.7. The maximum Gasteiger partial charge on any atom is 0.151 e. The van der Waals surface area contributed by atoms with Gasteiger partial charge >= 0.3 is 0 Å². The van der Waals surface area contributed by atoms with E-state index in [9.17, 15) is 4.39 Å². The standard InChI is InChI=1S/C16H11Br2F/c1-9-5-2-3-6-11-10-7-4-8-12(17)13(10)16(19)14(11)15(9)18/h4-5,7-8,11,16H,2H2,1H3. The molecule has 0 aliphatic heterocycles. The second kappa shape index (κ2) is 4.92. The number of hydrogen-bond acceptors (Lipinski definition) is 0. The van der Waals surface area contributed by atoms with Crippen LogP contribution in [0.1, 0.15) is 36.6 Å². The Morgan fingerprint density at radius 3 is 2.89 bits per heavy atom. The van der Waals surface area contributed by atoms with Gasteiger partial charge in [0.2, 0.25) is 0 Å². The van der Waals surface area contributed by atoms with Gasteiger partial charge < -0.3 is 0 Å². The highest BCUT2D eigenvalue weighted by molar-refractivity contribution is 9.12. The van der Waals surface area contributed by atoms with Gasteiger partial charge in [0.25, 0.3) is 0 Å². The molecule has 0 saturated heterocycles. The van der Waals surface area contributed by atoms with Crippen LogP contribution in [0.25, 0.3) is 0 Å². The first-order valence-corrected chi connectivity index (χ1v) is 7.67. The largest absolute Gasteiger partial charge is 0.237 e. The number of fused-ring (bicyclic) bond motifs is 3. The predicted octanol–water partition coefficient (Wildman–Crippen LogP) is 5.56. The zero-order valence-electron chi connectivity index (χ0n) is 10.3. The number of benzene rings is 1. The van der Waals surface area contributed by atoms with Gasteiger partial charge in [-0.3, -0.25) is 0 Å². The van der Waals surface area contributed by atoms with Gasteiger partial charge in [-0.25, -0.2) is 4.39 Å². The highest BCUT2D eigenvalue weighted by atomic mass is 79.9. The Labute approximate surface area is 129 Å². The molecule has 0 saturated carbocycles. The summed E-state index contributed by atoms with van der Waals surface area (Å²) in [6, 6.07) is 5.80. The highest BCUT2D eigenvalue weighted by Crippen LogP contribution is 2.52. The molecule has 3 rings (SSSR count). The lowest BCUT2D eigenvalue weighted by molar-refractivity contribution is 0.399. The van der Waals surface area contributed by atoms with Crippen LogP contribution in [-0.4, -0.2) is 0 Å². The minimum Gasteiger partial charge on any atom is -0.237 e. The Bertz CT molecular complexity index is 674. The van der Waals surface area contributed by atoms with E-state index in [-0.39, 0.29) is 5.92 Å². The van der Waals surface area contributed by atoms with Gasteiger partial charge in [0, 0.05) is 26.5 Å². The second-order valence-electron chi connectivity index (χ2n) is 4.72. The van der Waals surface area contributed by atoms with Crippen molar-refractivity contribution < 1.29 is 4.39 Å². The molecule has 0 heterocycles. The fourth-order valence-electron chi connectivity index (χ4n) is 2.62. The van der Waals surface area contributed by atoms with E-state index in [2.05, 4.69) is 43.7 Å². The van der Waals surface area contributed by atoms with Gasteiger partial charge in [-0.05, 0) is 24.1 Å². The average molecular weight is 382 g/mol. The lowest BCUT2D eigenvalue weighted by atomic mass is 9.95.